The second-order valence-corrected chi connectivity index (χ2v) is 7.22. The molecule has 2 aliphatic rings. The van der Waals surface area contributed by atoms with Gasteiger partial charge in [-0.05, 0) is 12.0 Å². The number of carbonyl (C=O) groups excluding carboxylic acids is 2. The Morgan fingerprint density at radius 2 is 1.96 bits per heavy atom. The van der Waals surface area contributed by atoms with Gasteiger partial charge in [-0.25, -0.2) is 9.97 Å². The van der Waals surface area contributed by atoms with Crippen LogP contribution < -0.4 is 10.2 Å². The largest absolute Gasteiger partial charge is 0.353 e. The monoisotopic (exact) mass is 376 g/mol. The van der Waals surface area contributed by atoms with Gasteiger partial charge < -0.3 is 15.1 Å². The SMILES string of the molecule is N#Cc1nccnc1N1CC(Cc2ccccc2)(C(=O)N2CCNC(=O)C2)C1. The second-order valence-electron chi connectivity index (χ2n) is 7.22. The molecule has 1 N–H and O–H groups in total. The Morgan fingerprint density at radius 3 is 2.68 bits per heavy atom. The van der Waals surface area contributed by atoms with Crippen molar-refractivity contribution >= 4 is 17.6 Å². The van der Waals surface area contributed by atoms with Crippen LogP contribution in [0, 0.1) is 16.7 Å². The van der Waals surface area contributed by atoms with Crippen molar-refractivity contribution in [2.75, 3.05) is 37.6 Å². The van der Waals surface area contributed by atoms with Gasteiger partial charge >= 0.3 is 0 Å². The minimum absolute atomic E-state index is 0.0233. The Hall–Kier alpha value is -3.47. The Morgan fingerprint density at radius 1 is 1.21 bits per heavy atom. The van der Waals surface area contributed by atoms with Gasteiger partial charge in [-0.2, -0.15) is 5.26 Å². The summed E-state index contributed by atoms with van der Waals surface area (Å²) in [4.78, 5) is 37.1. The summed E-state index contributed by atoms with van der Waals surface area (Å²) in [6.07, 6.45) is 3.60. The van der Waals surface area contributed by atoms with Crippen LogP contribution in [0.3, 0.4) is 0 Å². The summed E-state index contributed by atoms with van der Waals surface area (Å²) in [6, 6.07) is 11.9. The first-order valence-electron chi connectivity index (χ1n) is 9.17. The number of aromatic nitrogens is 2. The quantitative estimate of drug-likeness (QED) is 0.826. The van der Waals surface area contributed by atoms with Crippen molar-refractivity contribution in [3.8, 4) is 6.07 Å². The van der Waals surface area contributed by atoms with Crippen molar-refractivity contribution in [2.24, 2.45) is 5.41 Å². The van der Waals surface area contributed by atoms with Crippen LogP contribution in [-0.2, 0) is 16.0 Å². The zero-order chi connectivity index (χ0) is 19.6. The Bertz CT molecular complexity index is 933. The first-order chi connectivity index (χ1) is 13.6. The maximum absolute atomic E-state index is 13.4. The van der Waals surface area contributed by atoms with Gasteiger partial charge in [0.15, 0.2) is 11.5 Å². The third-order valence-electron chi connectivity index (χ3n) is 5.24. The molecule has 0 bridgehead atoms. The highest BCUT2D eigenvalue weighted by Crippen LogP contribution is 2.39. The third kappa shape index (κ3) is 3.27. The molecule has 2 fully saturated rings. The molecule has 3 heterocycles. The van der Waals surface area contributed by atoms with E-state index in [1.54, 1.807) is 11.1 Å². The average molecular weight is 376 g/mol. The summed E-state index contributed by atoms with van der Waals surface area (Å²) in [5, 5.41) is 12.1. The molecule has 4 rings (SSSR count). The zero-order valence-corrected chi connectivity index (χ0v) is 15.3. The van der Waals surface area contributed by atoms with Crippen molar-refractivity contribution in [2.45, 2.75) is 6.42 Å². The molecule has 28 heavy (non-hydrogen) atoms. The van der Waals surface area contributed by atoms with E-state index in [4.69, 9.17) is 0 Å². The first-order valence-corrected chi connectivity index (χ1v) is 9.17. The molecule has 2 saturated heterocycles. The molecular weight excluding hydrogens is 356 g/mol. The maximum atomic E-state index is 13.4. The van der Waals surface area contributed by atoms with Crippen LogP contribution in [0.1, 0.15) is 11.3 Å². The van der Waals surface area contributed by atoms with Crippen molar-refractivity contribution in [1.82, 2.24) is 20.2 Å². The van der Waals surface area contributed by atoms with Crippen LogP contribution in [-0.4, -0.2) is 59.4 Å². The van der Waals surface area contributed by atoms with E-state index < -0.39 is 5.41 Å². The summed E-state index contributed by atoms with van der Waals surface area (Å²) in [7, 11) is 0. The lowest BCUT2D eigenvalue weighted by Gasteiger charge is -2.51. The molecule has 0 unspecified atom stereocenters. The van der Waals surface area contributed by atoms with Crippen LogP contribution >= 0.6 is 0 Å². The van der Waals surface area contributed by atoms with Gasteiger partial charge in [0.05, 0.1) is 12.0 Å². The highest BCUT2D eigenvalue weighted by molar-refractivity contribution is 5.91. The molecular formula is C20H20N6O2. The Labute approximate surface area is 162 Å². The van der Waals surface area contributed by atoms with E-state index in [-0.39, 0.29) is 24.1 Å². The molecule has 1 aromatic heterocycles. The molecule has 8 nitrogen and oxygen atoms in total. The molecule has 142 valence electrons. The molecule has 2 aliphatic heterocycles. The van der Waals surface area contributed by atoms with Crippen molar-refractivity contribution < 1.29 is 9.59 Å². The molecule has 2 aromatic rings. The summed E-state index contributed by atoms with van der Waals surface area (Å²) < 4.78 is 0. The number of hydrogen-bond acceptors (Lipinski definition) is 6. The van der Waals surface area contributed by atoms with Crippen LogP contribution in [0.5, 0.6) is 0 Å². The first kappa shape index (κ1) is 17.9. The number of nitrogens with one attached hydrogen (secondary N) is 1. The third-order valence-corrected chi connectivity index (χ3v) is 5.24. The summed E-state index contributed by atoms with van der Waals surface area (Å²) in [5.74, 6) is 0.342. The summed E-state index contributed by atoms with van der Waals surface area (Å²) >= 11 is 0. The minimum Gasteiger partial charge on any atom is -0.353 e. The summed E-state index contributed by atoms with van der Waals surface area (Å²) in [5.41, 5.74) is 0.667. The molecule has 0 saturated carbocycles. The second kappa shape index (κ2) is 7.27. The maximum Gasteiger partial charge on any atom is 0.239 e. The lowest BCUT2D eigenvalue weighted by Crippen LogP contribution is -2.67. The standard InChI is InChI=1S/C20H20N6O2/c21-11-16-18(24-7-6-22-16)26-13-20(14-26,10-15-4-2-1-3-5-15)19(28)25-9-8-23-17(27)12-25/h1-7H,8-10,12-14H2,(H,23,27). The number of amides is 2. The highest BCUT2D eigenvalue weighted by Gasteiger charge is 2.52. The number of anilines is 1. The fraction of sp³-hybridized carbons (Fsp3) is 0.350. The molecule has 2 amide bonds. The van der Waals surface area contributed by atoms with Crippen molar-refractivity contribution in [1.29, 1.82) is 5.26 Å². The van der Waals surface area contributed by atoms with E-state index >= 15 is 0 Å². The number of carbonyl (C=O) groups is 2. The lowest BCUT2D eigenvalue weighted by molar-refractivity contribution is -0.148. The average Bonchev–Trinajstić information content (AvgIpc) is 2.70. The smallest absolute Gasteiger partial charge is 0.239 e. The van der Waals surface area contributed by atoms with E-state index in [1.165, 1.54) is 6.20 Å². The van der Waals surface area contributed by atoms with E-state index in [9.17, 15) is 14.9 Å². The molecule has 0 radical (unpaired) electrons. The Balaban J connectivity index is 1.60. The molecule has 0 aliphatic carbocycles. The minimum atomic E-state index is -0.650. The van der Waals surface area contributed by atoms with Crippen LogP contribution in [0.15, 0.2) is 42.7 Å². The number of nitriles is 1. The van der Waals surface area contributed by atoms with Gasteiger partial charge in [0.2, 0.25) is 11.8 Å². The van der Waals surface area contributed by atoms with Gasteiger partial charge in [0.25, 0.3) is 0 Å². The number of piperazine rings is 1. The van der Waals surface area contributed by atoms with E-state index in [0.29, 0.717) is 38.4 Å². The number of hydrogen-bond donors (Lipinski definition) is 1. The fourth-order valence-electron chi connectivity index (χ4n) is 3.93. The molecule has 0 atom stereocenters. The van der Waals surface area contributed by atoms with Crippen molar-refractivity contribution in [3.05, 3.63) is 54.0 Å². The predicted molar refractivity (Wildman–Crippen MR) is 101 cm³/mol. The predicted octanol–water partition coefficient (Wildman–Crippen LogP) is 0.356. The Kier molecular flexibility index (Phi) is 4.65. The number of nitrogens with zero attached hydrogens (tertiary/aromatic N) is 5. The normalized spacial score (nSPS) is 18.0. The number of rotatable bonds is 4. The van der Waals surface area contributed by atoms with Crippen LogP contribution in [0.2, 0.25) is 0 Å². The van der Waals surface area contributed by atoms with Crippen LogP contribution in [0.25, 0.3) is 0 Å². The molecule has 8 heteroatoms. The fourth-order valence-corrected chi connectivity index (χ4v) is 3.93. The zero-order valence-electron chi connectivity index (χ0n) is 15.3. The van der Waals surface area contributed by atoms with Gasteiger partial charge in [0, 0.05) is 38.6 Å². The van der Waals surface area contributed by atoms with Gasteiger partial charge in [0.1, 0.15) is 6.07 Å². The topological polar surface area (TPSA) is 102 Å². The molecule has 1 aromatic carbocycles. The van der Waals surface area contributed by atoms with E-state index in [1.807, 2.05) is 35.2 Å². The summed E-state index contributed by atoms with van der Waals surface area (Å²) in [6.45, 7) is 1.94. The van der Waals surface area contributed by atoms with Crippen molar-refractivity contribution in [3.63, 3.8) is 0 Å². The van der Waals surface area contributed by atoms with E-state index in [2.05, 4.69) is 21.4 Å². The van der Waals surface area contributed by atoms with E-state index in [0.717, 1.165) is 5.56 Å². The number of benzene rings is 1. The van der Waals surface area contributed by atoms with Gasteiger partial charge in [-0.1, -0.05) is 30.3 Å². The van der Waals surface area contributed by atoms with Crippen LogP contribution in [0.4, 0.5) is 5.82 Å². The van der Waals surface area contributed by atoms with Gasteiger partial charge in [-0.3, -0.25) is 9.59 Å². The highest BCUT2D eigenvalue weighted by atomic mass is 16.2. The lowest BCUT2D eigenvalue weighted by atomic mass is 9.73. The van der Waals surface area contributed by atoms with Gasteiger partial charge in [-0.15, -0.1) is 0 Å². The molecule has 0 spiro atoms.